The maximum Gasteiger partial charge on any atom is 0.0320 e. The Morgan fingerprint density at radius 3 is 2.48 bits per heavy atom. The Balaban J connectivity index is 1.70. The van der Waals surface area contributed by atoms with E-state index < -0.39 is 0 Å². The maximum atomic E-state index is 3.76. The Kier molecular flexibility index (Phi) is 5.41. The summed E-state index contributed by atoms with van der Waals surface area (Å²) in [6, 6.07) is 8.94. The summed E-state index contributed by atoms with van der Waals surface area (Å²) < 4.78 is 2.29. The van der Waals surface area contributed by atoms with Gasteiger partial charge in [-0.3, -0.25) is 4.90 Å². The highest BCUT2D eigenvalue weighted by atomic mass is 79.9. The molecule has 2 saturated heterocycles. The van der Waals surface area contributed by atoms with Crippen LogP contribution >= 0.6 is 31.9 Å². The van der Waals surface area contributed by atoms with Gasteiger partial charge in [-0.2, -0.15) is 0 Å². The molecule has 21 heavy (non-hydrogen) atoms. The summed E-state index contributed by atoms with van der Waals surface area (Å²) in [5.74, 6) is 0. The number of benzene rings is 1. The van der Waals surface area contributed by atoms with Gasteiger partial charge in [-0.15, -0.1) is 0 Å². The highest BCUT2D eigenvalue weighted by molar-refractivity contribution is 9.13. The summed E-state index contributed by atoms with van der Waals surface area (Å²) in [5, 5.41) is 3.76. The molecule has 2 atom stereocenters. The van der Waals surface area contributed by atoms with E-state index in [4.69, 9.17) is 0 Å². The molecule has 1 N–H and O–H groups in total. The first-order valence-corrected chi connectivity index (χ1v) is 9.68. The number of piperidine rings is 1. The van der Waals surface area contributed by atoms with Crippen molar-refractivity contribution in [2.45, 2.75) is 63.7 Å². The predicted octanol–water partition coefficient (Wildman–Crippen LogP) is 4.71. The van der Waals surface area contributed by atoms with Crippen molar-refractivity contribution in [2.75, 3.05) is 6.54 Å². The molecular weight excluding hydrogens is 392 g/mol. The number of hydrogen-bond acceptors (Lipinski definition) is 2. The summed E-state index contributed by atoms with van der Waals surface area (Å²) in [7, 11) is 0. The van der Waals surface area contributed by atoms with E-state index in [1.165, 1.54) is 44.2 Å². The summed E-state index contributed by atoms with van der Waals surface area (Å²) in [4.78, 5) is 2.71. The van der Waals surface area contributed by atoms with E-state index in [-0.39, 0.29) is 0 Å². The quantitative estimate of drug-likeness (QED) is 0.749. The number of nitrogens with one attached hydrogen (secondary N) is 1. The van der Waals surface area contributed by atoms with Crippen LogP contribution in [0.1, 0.15) is 44.6 Å². The first kappa shape index (κ1) is 16.0. The van der Waals surface area contributed by atoms with Gasteiger partial charge in [-0.05, 0) is 88.2 Å². The summed E-state index contributed by atoms with van der Waals surface area (Å²) >= 11 is 7.18. The van der Waals surface area contributed by atoms with E-state index in [2.05, 4.69) is 67.2 Å². The van der Waals surface area contributed by atoms with Crippen molar-refractivity contribution in [3.63, 3.8) is 0 Å². The number of fused-ring (bicyclic) bond motifs is 2. The molecule has 2 bridgehead atoms. The second kappa shape index (κ2) is 7.12. The lowest BCUT2D eigenvalue weighted by molar-refractivity contribution is 0.134. The van der Waals surface area contributed by atoms with Gasteiger partial charge in [-0.1, -0.05) is 13.0 Å². The summed E-state index contributed by atoms with van der Waals surface area (Å²) in [5.41, 5.74) is 1.41. The third-order valence-corrected chi connectivity index (χ3v) is 6.72. The normalized spacial score (nSPS) is 28.3. The van der Waals surface area contributed by atoms with Crippen molar-refractivity contribution in [1.82, 2.24) is 10.2 Å². The smallest absolute Gasteiger partial charge is 0.0320 e. The van der Waals surface area contributed by atoms with E-state index in [1.54, 1.807) is 0 Å². The first-order valence-electron chi connectivity index (χ1n) is 8.09. The van der Waals surface area contributed by atoms with E-state index >= 15 is 0 Å². The van der Waals surface area contributed by atoms with Gasteiger partial charge in [0.2, 0.25) is 0 Å². The van der Waals surface area contributed by atoms with Gasteiger partial charge < -0.3 is 5.32 Å². The van der Waals surface area contributed by atoms with Gasteiger partial charge in [-0.25, -0.2) is 0 Å². The third-order valence-electron chi connectivity index (χ3n) is 4.85. The van der Waals surface area contributed by atoms with Crippen LogP contribution in [-0.4, -0.2) is 29.6 Å². The molecule has 0 aromatic heterocycles. The highest BCUT2D eigenvalue weighted by Gasteiger charge is 2.35. The van der Waals surface area contributed by atoms with Crippen LogP contribution in [-0.2, 0) is 6.54 Å². The van der Waals surface area contributed by atoms with E-state index in [0.29, 0.717) is 0 Å². The van der Waals surface area contributed by atoms with Crippen molar-refractivity contribution < 1.29 is 0 Å². The van der Waals surface area contributed by atoms with Crippen LogP contribution in [0, 0.1) is 0 Å². The molecule has 0 saturated carbocycles. The number of halogens is 2. The van der Waals surface area contributed by atoms with Crippen LogP contribution in [0.5, 0.6) is 0 Å². The fourth-order valence-corrected chi connectivity index (χ4v) is 4.55. The average molecular weight is 416 g/mol. The molecule has 2 aliphatic rings. The second-order valence-corrected chi connectivity index (χ2v) is 8.19. The minimum atomic E-state index is 0.756. The zero-order chi connectivity index (χ0) is 14.8. The van der Waals surface area contributed by atoms with Gasteiger partial charge in [0.25, 0.3) is 0 Å². The van der Waals surface area contributed by atoms with Crippen molar-refractivity contribution in [2.24, 2.45) is 0 Å². The first-order chi connectivity index (χ1) is 10.2. The molecule has 2 fully saturated rings. The molecule has 1 aromatic rings. The molecule has 0 radical (unpaired) electrons. The monoisotopic (exact) mass is 414 g/mol. The maximum absolute atomic E-state index is 3.76. The van der Waals surface area contributed by atoms with Crippen molar-refractivity contribution in [3.05, 3.63) is 32.7 Å². The standard InChI is InChI=1S/C17H24Br2N2/c1-2-7-21(11-12-3-6-16(18)17(19)8-12)15-9-13-4-5-14(10-15)20-13/h3,6,8,13-15,20H,2,4-5,7,9-11H2,1H3. The van der Waals surface area contributed by atoms with Crippen molar-refractivity contribution in [1.29, 1.82) is 0 Å². The molecular formula is C17H24Br2N2. The van der Waals surface area contributed by atoms with Crippen LogP contribution < -0.4 is 5.32 Å². The van der Waals surface area contributed by atoms with Gasteiger partial charge in [0.15, 0.2) is 0 Å². The van der Waals surface area contributed by atoms with Crippen LogP contribution in [0.15, 0.2) is 27.1 Å². The SMILES string of the molecule is CCCN(Cc1ccc(Br)c(Br)c1)C1CC2CCC(C1)N2. The molecule has 3 rings (SSSR count). The Bertz CT molecular complexity index is 480. The zero-order valence-electron chi connectivity index (χ0n) is 12.6. The van der Waals surface area contributed by atoms with Gasteiger partial charge in [0, 0.05) is 33.6 Å². The second-order valence-electron chi connectivity index (χ2n) is 6.48. The third kappa shape index (κ3) is 3.90. The summed E-state index contributed by atoms with van der Waals surface area (Å²) in [6.07, 6.45) is 6.65. The highest BCUT2D eigenvalue weighted by Crippen LogP contribution is 2.31. The number of rotatable bonds is 5. The Morgan fingerprint density at radius 2 is 1.86 bits per heavy atom. The van der Waals surface area contributed by atoms with E-state index in [1.807, 2.05) is 0 Å². The fraction of sp³-hybridized carbons (Fsp3) is 0.647. The lowest BCUT2D eigenvalue weighted by Crippen LogP contribution is -2.48. The Morgan fingerprint density at radius 1 is 1.14 bits per heavy atom. The van der Waals surface area contributed by atoms with Crippen LogP contribution in [0.3, 0.4) is 0 Å². The summed E-state index contributed by atoms with van der Waals surface area (Å²) in [6.45, 7) is 4.57. The molecule has 2 heterocycles. The minimum Gasteiger partial charge on any atom is -0.311 e. The molecule has 0 amide bonds. The minimum absolute atomic E-state index is 0.756. The van der Waals surface area contributed by atoms with Gasteiger partial charge >= 0.3 is 0 Å². The van der Waals surface area contributed by atoms with Gasteiger partial charge in [0.1, 0.15) is 0 Å². The van der Waals surface area contributed by atoms with Crippen LogP contribution in [0.2, 0.25) is 0 Å². The largest absolute Gasteiger partial charge is 0.311 e. The zero-order valence-corrected chi connectivity index (χ0v) is 15.8. The van der Waals surface area contributed by atoms with Gasteiger partial charge in [0.05, 0.1) is 0 Å². The predicted molar refractivity (Wildman–Crippen MR) is 95.5 cm³/mol. The Hall–Kier alpha value is 0.1000. The van der Waals surface area contributed by atoms with Crippen LogP contribution in [0.25, 0.3) is 0 Å². The topological polar surface area (TPSA) is 15.3 Å². The van der Waals surface area contributed by atoms with E-state index in [0.717, 1.165) is 33.6 Å². The molecule has 2 aliphatic heterocycles. The fourth-order valence-electron chi connectivity index (χ4n) is 3.88. The van der Waals surface area contributed by atoms with E-state index in [9.17, 15) is 0 Å². The molecule has 2 nitrogen and oxygen atoms in total. The molecule has 0 spiro atoms. The lowest BCUT2D eigenvalue weighted by Gasteiger charge is -2.38. The molecule has 2 unspecified atom stereocenters. The number of hydrogen-bond donors (Lipinski definition) is 1. The van der Waals surface area contributed by atoms with Crippen molar-refractivity contribution in [3.8, 4) is 0 Å². The Labute approximate surface area is 144 Å². The number of nitrogens with zero attached hydrogens (tertiary/aromatic N) is 1. The average Bonchev–Trinajstić information content (AvgIpc) is 2.81. The van der Waals surface area contributed by atoms with Crippen LogP contribution in [0.4, 0.5) is 0 Å². The lowest BCUT2D eigenvalue weighted by atomic mass is 9.97. The molecule has 4 heteroatoms. The molecule has 1 aromatic carbocycles. The molecule has 0 aliphatic carbocycles. The molecule has 116 valence electrons. The van der Waals surface area contributed by atoms with Crippen molar-refractivity contribution >= 4 is 31.9 Å².